The number of amides is 2. The second kappa shape index (κ2) is 5.85. The van der Waals surface area contributed by atoms with E-state index in [1.807, 2.05) is 32.0 Å². The number of carbonyl (C=O) groups excluding carboxylic acids is 2. The van der Waals surface area contributed by atoms with Gasteiger partial charge >= 0.3 is 0 Å². The summed E-state index contributed by atoms with van der Waals surface area (Å²) in [4.78, 5) is 23.0. The Labute approximate surface area is 125 Å². The molecule has 114 valence electrons. The second-order valence-electron chi connectivity index (χ2n) is 6.54. The van der Waals surface area contributed by atoms with Gasteiger partial charge < -0.3 is 16.8 Å². The Morgan fingerprint density at radius 2 is 2.14 bits per heavy atom. The van der Waals surface area contributed by atoms with Crippen molar-refractivity contribution in [2.45, 2.75) is 39.2 Å². The van der Waals surface area contributed by atoms with E-state index in [4.69, 9.17) is 11.5 Å². The molecule has 1 aliphatic rings. The molecule has 2 amide bonds. The Balaban J connectivity index is 2.16. The summed E-state index contributed by atoms with van der Waals surface area (Å²) in [7, 11) is 0. The molecule has 1 aliphatic heterocycles. The van der Waals surface area contributed by atoms with Crippen molar-refractivity contribution in [1.29, 1.82) is 0 Å². The maximum Gasteiger partial charge on any atom is 0.251 e. The average molecular weight is 289 g/mol. The number of nitrogens with one attached hydrogen (secondary N) is 1. The molecule has 0 bridgehead atoms. The summed E-state index contributed by atoms with van der Waals surface area (Å²) in [5.41, 5.74) is 14.0. The van der Waals surface area contributed by atoms with Gasteiger partial charge in [0, 0.05) is 24.6 Å². The lowest BCUT2D eigenvalue weighted by molar-refractivity contribution is -0.120. The molecular weight excluding hydrogens is 266 g/mol. The minimum absolute atomic E-state index is 0.0401. The third-order valence-corrected chi connectivity index (χ3v) is 3.91. The third kappa shape index (κ3) is 3.82. The molecule has 1 aromatic carbocycles. The highest BCUT2D eigenvalue weighted by Gasteiger charge is 2.25. The molecule has 5 heteroatoms. The molecular formula is C16H23N3O2. The molecule has 0 aliphatic carbocycles. The standard InChI is InChI=1S/C16H23N3O2/c1-16(2,9-14(18)20)8-13(17)11-4-3-10-5-6-19-15(21)12(10)7-11/h3-4,7,13H,5-6,8-9,17H2,1-2H3,(H2,18,20)(H,19,21). The van der Waals surface area contributed by atoms with Crippen molar-refractivity contribution >= 4 is 11.8 Å². The lowest BCUT2D eigenvalue weighted by atomic mass is 9.80. The largest absolute Gasteiger partial charge is 0.370 e. The van der Waals surface area contributed by atoms with E-state index in [1.165, 1.54) is 0 Å². The Morgan fingerprint density at radius 1 is 1.43 bits per heavy atom. The highest BCUT2D eigenvalue weighted by molar-refractivity contribution is 5.96. The fraction of sp³-hybridized carbons (Fsp3) is 0.500. The molecule has 0 saturated carbocycles. The van der Waals surface area contributed by atoms with Crippen LogP contribution in [-0.4, -0.2) is 18.4 Å². The molecule has 5 N–H and O–H groups in total. The van der Waals surface area contributed by atoms with Gasteiger partial charge in [-0.1, -0.05) is 26.0 Å². The molecule has 2 rings (SSSR count). The van der Waals surface area contributed by atoms with Gasteiger partial charge in [-0.25, -0.2) is 0 Å². The van der Waals surface area contributed by atoms with E-state index < -0.39 is 0 Å². The Morgan fingerprint density at radius 3 is 2.81 bits per heavy atom. The molecule has 0 saturated heterocycles. The molecule has 0 aromatic heterocycles. The fourth-order valence-electron chi connectivity index (χ4n) is 2.92. The van der Waals surface area contributed by atoms with Crippen molar-refractivity contribution in [2.75, 3.05) is 6.54 Å². The van der Waals surface area contributed by atoms with Crippen molar-refractivity contribution < 1.29 is 9.59 Å². The van der Waals surface area contributed by atoms with Crippen LogP contribution in [0, 0.1) is 5.41 Å². The van der Waals surface area contributed by atoms with E-state index in [0.717, 1.165) is 17.5 Å². The van der Waals surface area contributed by atoms with Gasteiger partial charge in [-0.15, -0.1) is 0 Å². The summed E-state index contributed by atoms with van der Waals surface area (Å²) < 4.78 is 0. The summed E-state index contributed by atoms with van der Waals surface area (Å²) in [6, 6.07) is 5.60. The van der Waals surface area contributed by atoms with Crippen LogP contribution in [0.4, 0.5) is 0 Å². The Hall–Kier alpha value is -1.88. The van der Waals surface area contributed by atoms with Gasteiger partial charge in [0.1, 0.15) is 0 Å². The molecule has 21 heavy (non-hydrogen) atoms. The number of benzene rings is 1. The average Bonchev–Trinajstić information content (AvgIpc) is 2.36. The molecule has 1 heterocycles. The number of carbonyl (C=O) groups is 2. The topological polar surface area (TPSA) is 98.2 Å². The SMILES string of the molecule is CC(C)(CC(N)=O)CC(N)c1ccc2c(c1)C(=O)NCC2. The van der Waals surface area contributed by atoms with Crippen LogP contribution in [0.1, 0.15) is 54.2 Å². The van der Waals surface area contributed by atoms with Crippen molar-refractivity contribution in [1.82, 2.24) is 5.32 Å². The van der Waals surface area contributed by atoms with E-state index in [9.17, 15) is 9.59 Å². The van der Waals surface area contributed by atoms with Crippen LogP contribution in [0.2, 0.25) is 0 Å². The Bertz CT molecular complexity index is 567. The predicted octanol–water partition coefficient (Wildman–Crippen LogP) is 1.26. The normalized spacial score (nSPS) is 16.0. The first-order valence-corrected chi connectivity index (χ1v) is 7.23. The number of hydrogen-bond acceptors (Lipinski definition) is 3. The Kier molecular flexibility index (Phi) is 4.32. The lowest BCUT2D eigenvalue weighted by Gasteiger charge is -2.27. The molecule has 1 unspecified atom stereocenters. The van der Waals surface area contributed by atoms with Crippen LogP contribution < -0.4 is 16.8 Å². The van der Waals surface area contributed by atoms with Crippen LogP contribution in [0.3, 0.4) is 0 Å². The zero-order chi connectivity index (χ0) is 15.6. The van der Waals surface area contributed by atoms with Crippen molar-refractivity contribution in [2.24, 2.45) is 16.9 Å². The molecule has 0 radical (unpaired) electrons. The minimum atomic E-state index is -0.322. The number of fused-ring (bicyclic) bond motifs is 1. The van der Waals surface area contributed by atoms with Gasteiger partial charge in [-0.05, 0) is 35.4 Å². The van der Waals surface area contributed by atoms with Gasteiger partial charge in [0.2, 0.25) is 5.91 Å². The molecule has 0 spiro atoms. The number of hydrogen-bond donors (Lipinski definition) is 3. The lowest BCUT2D eigenvalue weighted by Crippen LogP contribution is -2.32. The molecule has 1 aromatic rings. The van der Waals surface area contributed by atoms with E-state index in [1.54, 1.807) is 0 Å². The number of rotatable bonds is 5. The fourth-order valence-corrected chi connectivity index (χ4v) is 2.92. The van der Waals surface area contributed by atoms with Gasteiger partial charge in [0.25, 0.3) is 5.91 Å². The monoisotopic (exact) mass is 289 g/mol. The van der Waals surface area contributed by atoms with Crippen LogP contribution >= 0.6 is 0 Å². The van der Waals surface area contributed by atoms with Gasteiger partial charge in [-0.3, -0.25) is 9.59 Å². The maximum absolute atomic E-state index is 11.9. The zero-order valence-electron chi connectivity index (χ0n) is 12.6. The highest BCUT2D eigenvalue weighted by Crippen LogP contribution is 2.32. The summed E-state index contributed by atoms with van der Waals surface area (Å²) in [5.74, 6) is -0.362. The van der Waals surface area contributed by atoms with Crippen LogP contribution in [0.15, 0.2) is 18.2 Å². The summed E-state index contributed by atoms with van der Waals surface area (Å²) >= 11 is 0. The van der Waals surface area contributed by atoms with Gasteiger partial charge in [0.05, 0.1) is 0 Å². The van der Waals surface area contributed by atoms with E-state index >= 15 is 0 Å². The molecule has 1 atom stereocenters. The third-order valence-electron chi connectivity index (χ3n) is 3.91. The second-order valence-corrected chi connectivity index (χ2v) is 6.54. The van der Waals surface area contributed by atoms with E-state index in [0.29, 0.717) is 24.9 Å². The first-order valence-electron chi connectivity index (χ1n) is 7.23. The van der Waals surface area contributed by atoms with Gasteiger partial charge in [-0.2, -0.15) is 0 Å². The van der Waals surface area contributed by atoms with Crippen LogP contribution in [0.5, 0.6) is 0 Å². The van der Waals surface area contributed by atoms with Gasteiger partial charge in [0.15, 0.2) is 0 Å². The highest BCUT2D eigenvalue weighted by atomic mass is 16.2. The first-order chi connectivity index (χ1) is 9.78. The quantitative estimate of drug-likeness (QED) is 0.761. The van der Waals surface area contributed by atoms with Crippen molar-refractivity contribution in [3.8, 4) is 0 Å². The number of nitrogens with two attached hydrogens (primary N) is 2. The van der Waals surface area contributed by atoms with E-state index in [2.05, 4.69) is 5.32 Å². The summed E-state index contributed by atoms with van der Waals surface area (Å²) in [6.07, 6.45) is 1.78. The van der Waals surface area contributed by atoms with Crippen molar-refractivity contribution in [3.63, 3.8) is 0 Å². The number of primary amides is 1. The predicted molar refractivity (Wildman–Crippen MR) is 81.6 cm³/mol. The van der Waals surface area contributed by atoms with Crippen molar-refractivity contribution in [3.05, 3.63) is 34.9 Å². The summed E-state index contributed by atoms with van der Waals surface area (Å²) in [6.45, 7) is 4.63. The molecule has 0 fully saturated rings. The zero-order valence-corrected chi connectivity index (χ0v) is 12.6. The minimum Gasteiger partial charge on any atom is -0.370 e. The van der Waals surface area contributed by atoms with E-state index in [-0.39, 0.29) is 23.3 Å². The smallest absolute Gasteiger partial charge is 0.251 e. The first kappa shape index (κ1) is 15.5. The summed E-state index contributed by atoms with van der Waals surface area (Å²) in [5, 5.41) is 2.84. The van der Waals surface area contributed by atoms with Crippen LogP contribution in [0.25, 0.3) is 0 Å². The molecule has 5 nitrogen and oxygen atoms in total. The maximum atomic E-state index is 11.9. The van der Waals surface area contributed by atoms with Crippen LogP contribution in [-0.2, 0) is 11.2 Å².